The van der Waals surface area contributed by atoms with Crippen molar-refractivity contribution in [3.05, 3.63) is 33.8 Å². The average molecular weight is 303 g/mol. The van der Waals surface area contributed by atoms with Gasteiger partial charge in [-0.25, -0.2) is 0 Å². The van der Waals surface area contributed by atoms with Crippen LogP contribution in [-0.4, -0.2) is 16.8 Å². The van der Waals surface area contributed by atoms with Gasteiger partial charge in [-0.05, 0) is 30.2 Å². The summed E-state index contributed by atoms with van der Waals surface area (Å²) >= 11 is 5.11. The third kappa shape index (κ3) is 4.58. The van der Waals surface area contributed by atoms with Crippen LogP contribution in [0.3, 0.4) is 0 Å². The number of rotatable bonds is 5. The van der Waals surface area contributed by atoms with Crippen LogP contribution in [0.25, 0.3) is 0 Å². The summed E-state index contributed by atoms with van der Waals surface area (Å²) in [6.45, 7) is 3.79. The standard InChI is InChI=1S/C12H15BrO2S/c1-8-3-10(5-11(13)4-8)7-16-6-9(2)12(14)15/h3-5,9H,6-7H2,1-2H3,(H,14,15). The van der Waals surface area contributed by atoms with Crippen LogP contribution < -0.4 is 0 Å². The van der Waals surface area contributed by atoms with E-state index in [1.807, 2.05) is 0 Å². The van der Waals surface area contributed by atoms with Crippen LogP contribution in [-0.2, 0) is 10.5 Å². The molecule has 4 heteroatoms. The Morgan fingerprint density at radius 1 is 1.50 bits per heavy atom. The molecule has 1 aromatic rings. The van der Waals surface area contributed by atoms with E-state index in [1.54, 1.807) is 18.7 Å². The fourth-order valence-electron chi connectivity index (χ4n) is 1.32. The number of carbonyl (C=O) groups is 1. The van der Waals surface area contributed by atoms with Gasteiger partial charge < -0.3 is 5.11 Å². The zero-order chi connectivity index (χ0) is 12.1. The number of thioether (sulfide) groups is 1. The van der Waals surface area contributed by atoms with Crippen LogP contribution >= 0.6 is 27.7 Å². The van der Waals surface area contributed by atoms with Crippen LogP contribution in [0.4, 0.5) is 0 Å². The third-order valence-corrected chi connectivity index (χ3v) is 3.89. The minimum Gasteiger partial charge on any atom is -0.481 e. The highest BCUT2D eigenvalue weighted by Gasteiger charge is 2.10. The van der Waals surface area contributed by atoms with E-state index < -0.39 is 5.97 Å². The second-order valence-electron chi connectivity index (χ2n) is 3.89. The molecule has 1 N–H and O–H groups in total. The lowest BCUT2D eigenvalue weighted by Crippen LogP contribution is -2.11. The lowest BCUT2D eigenvalue weighted by atomic mass is 10.2. The molecule has 0 saturated heterocycles. The largest absolute Gasteiger partial charge is 0.481 e. The molecule has 0 saturated carbocycles. The van der Waals surface area contributed by atoms with Crippen LogP contribution in [0.15, 0.2) is 22.7 Å². The van der Waals surface area contributed by atoms with Crippen molar-refractivity contribution in [3.63, 3.8) is 0 Å². The molecule has 0 aliphatic heterocycles. The molecule has 0 fully saturated rings. The summed E-state index contributed by atoms with van der Waals surface area (Å²) < 4.78 is 1.08. The molecular formula is C12H15BrO2S. The van der Waals surface area contributed by atoms with Gasteiger partial charge >= 0.3 is 5.97 Å². The van der Waals surface area contributed by atoms with Crippen molar-refractivity contribution >= 4 is 33.7 Å². The Labute approximate surface area is 109 Å². The molecule has 0 bridgehead atoms. The molecule has 0 heterocycles. The van der Waals surface area contributed by atoms with Gasteiger partial charge in [-0.15, -0.1) is 0 Å². The Kier molecular flexibility index (Phi) is 5.35. The predicted octanol–water partition coefficient (Wildman–Crippen LogP) is 3.71. The second kappa shape index (κ2) is 6.30. The zero-order valence-corrected chi connectivity index (χ0v) is 11.8. The van der Waals surface area contributed by atoms with Crippen molar-refractivity contribution < 1.29 is 9.90 Å². The van der Waals surface area contributed by atoms with Gasteiger partial charge in [0.25, 0.3) is 0 Å². The van der Waals surface area contributed by atoms with Gasteiger partial charge in [0, 0.05) is 16.0 Å². The molecule has 0 radical (unpaired) electrons. The van der Waals surface area contributed by atoms with Gasteiger partial charge in [0.15, 0.2) is 0 Å². The van der Waals surface area contributed by atoms with E-state index in [4.69, 9.17) is 5.11 Å². The number of benzene rings is 1. The normalized spacial score (nSPS) is 12.4. The summed E-state index contributed by atoms with van der Waals surface area (Å²) in [5.74, 6) is 0.509. The molecule has 1 aromatic carbocycles. The van der Waals surface area contributed by atoms with E-state index in [0.717, 1.165) is 10.2 Å². The highest BCUT2D eigenvalue weighted by Crippen LogP contribution is 2.20. The van der Waals surface area contributed by atoms with Gasteiger partial charge in [-0.3, -0.25) is 4.79 Å². The number of halogens is 1. The summed E-state index contributed by atoms with van der Waals surface area (Å²) in [7, 11) is 0. The SMILES string of the molecule is Cc1cc(Br)cc(CSCC(C)C(=O)O)c1. The zero-order valence-electron chi connectivity index (χ0n) is 9.37. The fourth-order valence-corrected chi connectivity index (χ4v) is 2.99. The Bertz CT molecular complexity index is 359. The highest BCUT2D eigenvalue weighted by molar-refractivity contribution is 9.10. The molecule has 0 aliphatic carbocycles. The molecular weight excluding hydrogens is 288 g/mol. The van der Waals surface area contributed by atoms with Crippen LogP contribution in [0, 0.1) is 12.8 Å². The maximum absolute atomic E-state index is 10.6. The van der Waals surface area contributed by atoms with Crippen LogP contribution in [0.5, 0.6) is 0 Å². The highest BCUT2D eigenvalue weighted by atomic mass is 79.9. The first kappa shape index (κ1) is 13.6. The molecule has 1 unspecified atom stereocenters. The van der Waals surface area contributed by atoms with Crippen LogP contribution in [0.1, 0.15) is 18.1 Å². The van der Waals surface area contributed by atoms with Gasteiger partial charge in [0.05, 0.1) is 5.92 Å². The summed E-state index contributed by atoms with van der Waals surface area (Å²) in [4.78, 5) is 10.6. The lowest BCUT2D eigenvalue weighted by molar-refractivity contribution is -0.140. The minimum atomic E-state index is -0.724. The molecule has 0 aliphatic rings. The number of hydrogen-bond acceptors (Lipinski definition) is 2. The molecule has 0 aromatic heterocycles. The quantitative estimate of drug-likeness (QED) is 0.901. The predicted molar refractivity (Wildman–Crippen MR) is 71.8 cm³/mol. The van der Waals surface area contributed by atoms with Crippen LogP contribution in [0.2, 0.25) is 0 Å². The van der Waals surface area contributed by atoms with Gasteiger partial charge in [0.1, 0.15) is 0 Å². The Hall–Kier alpha value is -0.480. The number of aliphatic carboxylic acids is 1. The molecule has 0 amide bonds. The molecule has 16 heavy (non-hydrogen) atoms. The molecule has 0 spiro atoms. The van der Waals surface area contributed by atoms with Crippen molar-refractivity contribution in [1.82, 2.24) is 0 Å². The first-order valence-corrected chi connectivity index (χ1v) is 7.00. The Morgan fingerprint density at radius 2 is 2.19 bits per heavy atom. The van der Waals surface area contributed by atoms with Crippen molar-refractivity contribution in [3.8, 4) is 0 Å². The van der Waals surface area contributed by atoms with Gasteiger partial charge in [-0.2, -0.15) is 11.8 Å². The van der Waals surface area contributed by atoms with Gasteiger partial charge in [0.2, 0.25) is 0 Å². The summed E-state index contributed by atoms with van der Waals surface area (Å²) in [5.41, 5.74) is 2.45. The molecule has 88 valence electrons. The number of hydrogen-bond donors (Lipinski definition) is 1. The van der Waals surface area contributed by atoms with E-state index in [-0.39, 0.29) is 5.92 Å². The molecule has 1 rings (SSSR count). The Morgan fingerprint density at radius 3 is 2.75 bits per heavy atom. The molecule has 1 atom stereocenters. The first-order valence-electron chi connectivity index (χ1n) is 5.05. The van der Waals surface area contributed by atoms with E-state index >= 15 is 0 Å². The van der Waals surface area contributed by atoms with E-state index in [1.165, 1.54) is 11.1 Å². The summed E-state index contributed by atoms with van der Waals surface area (Å²) in [5, 5.41) is 8.75. The van der Waals surface area contributed by atoms with Gasteiger partial charge in [-0.1, -0.05) is 28.9 Å². The van der Waals surface area contributed by atoms with Crippen molar-refractivity contribution in [2.75, 3.05) is 5.75 Å². The van der Waals surface area contributed by atoms with E-state index in [9.17, 15) is 4.79 Å². The average Bonchev–Trinajstić information content (AvgIpc) is 2.15. The third-order valence-electron chi connectivity index (χ3n) is 2.16. The maximum Gasteiger partial charge on any atom is 0.307 e. The lowest BCUT2D eigenvalue weighted by Gasteiger charge is -2.07. The summed E-state index contributed by atoms with van der Waals surface area (Å²) in [6.07, 6.45) is 0. The number of carboxylic acids is 1. The van der Waals surface area contributed by atoms with E-state index in [2.05, 4.69) is 41.1 Å². The molecule has 2 nitrogen and oxygen atoms in total. The minimum absolute atomic E-state index is 0.279. The summed E-state index contributed by atoms with van der Waals surface area (Å²) in [6, 6.07) is 6.27. The monoisotopic (exact) mass is 302 g/mol. The maximum atomic E-state index is 10.6. The second-order valence-corrected chi connectivity index (χ2v) is 5.84. The van der Waals surface area contributed by atoms with Crippen molar-refractivity contribution in [2.45, 2.75) is 19.6 Å². The topological polar surface area (TPSA) is 37.3 Å². The smallest absolute Gasteiger partial charge is 0.307 e. The number of carboxylic acid groups (broad SMARTS) is 1. The Balaban J connectivity index is 2.46. The van der Waals surface area contributed by atoms with E-state index in [0.29, 0.717) is 5.75 Å². The van der Waals surface area contributed by atoms with Crippen molar-refractivity contribution in [2.24, 2.45) is 5.92 Å². The number of aryl methyl sites for hydroxylation is 1. The fraction of sp³-hybridized carbons (Fsp3) is 0.417. The van der Waals surface area contributed by atoms with Crippen molar-refractivity contribution in [1.29, 1.82) is 0 Å². The first-order chi connectivity index (χ1) is 7.49.